The third kappa shape index (κ3) is 2.68. The normalized spacial score (nSPS) is 14.8. The maximum Gasteiger partial charge on any atom is 0.301 e. The van der Waals surface area contributed by atoms with Gasteiger partial charge < -0.3 is 5.11 Å². The third-order valence-electron chi connectivity index (χ3n) is 3.82. The van der Waals surface area contributed by atoms with Crippen LogP contribution in [0.15, 0.2) is 42.2 Å². The molecule has 122 valence electrons. The van der Waals surface area contributed by atoms with Gasteiger partial charge in [-0.2, -0.15) is 0 Å². The molecule has 1 heterocycles. The number of amides is 2. The second-order valence-corrected chi connectivity index (χ2v) is 6.49. The number of imide groups is 1. The van der Waals surface area contributed by atoms with E-state index in [0.29, 0.717) is 5.56 Å². The number of anilines is 1. The fraction of sp³-hybridized carbons (Fsp3) is 0.111. The zero-order chi connectivity index (χ0) is 17.6. The first-order valence-corrected chi connectivity index (χ1v) is 7.91. The number of hydrogen-bond donors (Lipinski definition) is 1. The van der Waals surface area contributed by atoms with Crippen LogP contribution in [-0.4, -0.2) is 16.9 Å². The lowest BCUT2D eigenvalue weighted by Gasteiger charge is -2.15. The molecule has 0 aromatic heterocycles. The Morgan fingerprint density at radius 1 is 0.917 bits per heavy atom. The molecule has 0 radical (unpaired) electrons. The van der Waals surface area contributed by atoms with Gasteiger partial charge in [0.15, 0.2) is 5.76 Å². The Hall–Kier alpha value is -2.30. The third-order valence-corrected chi connectivity index (χ3v) is 4.25. The zero-order valence-electron chi connectivity index (χ0n) is 12.9. The largest absolute Gasteiger partial charge is 0.502 e. The topological polar surface area (TPSA) is 57.6 Å². The molecule has 0 aliphatic carbocycles. The fourth-order valence-electron chi connectivity index (χ4n) is 2.76. The van der Waals surface area contributed by atoms with Crippen molar-refractivity contribution < 1.29 is 14.7 Å². The summed E-state index contributed by atoms with van der Waals surface area (Å²) in [7, 11) is 0. The molecule has 1 aliphatic heterocycles. The Kier molecular flexibility index (Phi) is 4.11. The van der Waals surface area contributed by atoms with E-state index in [4.69, 9.17) is 23.2 Å². The number of benzene rings is 2. The number of hydrogen-bond acceptors (Lipinski definition) is 3. The lowest BCUT2D eigenvalue weighted by atomic mass is 9.98. The van der Waals surface area contributed by atoms with Crippen LogP contribution in [-0.2, 0) is 9.59 Å². The van der Waals surface area contributed by atoms with E-state index < -0.39 is 17.6 Å². The van der Waals surface area contributed by atoms with Gasteiger partial charge >= 0.3 is 5.91 Å². The fourth-order valence-corrected chi connectivity index (χ4v) is 3.27. The predicted octanol–water partition coefficient (Wildman–Crippen LogP) is 4.45. The summed E-state index contributed by atoms with van der Waals surface area (Å²) < 4.78 is 0. The SMILES string of the molecule is Cc1ccc(C2=C(O)C(=O)N(c3cc(Cl)cc(Cl)c3)C2=O)c(C)c1. The van der Waals surface area contributed by atoms with Gasteiger partial charge in [-0.3, -0.25) is 9.59 Å². The van der Waals surface area contributed by atoms with Gasteiger partial charge in [0.25, 0.3) is 5.91 Å². The lowest BCUT2D eigenvalue weighted by Crippen LogP contribution is -2.31. The Balaban J connectivity index is 2.11. The maximum absolute atomic E-state index is 12.8. The minimum absolute atomic E-state index is 0.0198. The number of carbonyl (C=O) groups excluding carboxylic acids is 2. The molecule has 1 aliphatic rings. The van der Waals surface area contributed by atoms with Crippen LogP contribution in [0.3, 0.4) is 0 Å². The quantitative estimate of drug-likeness (QED) is 0.803. The van der Waals surface area contributed by atoms with E-state index in [9.17, 15) is 14.7 Å². The van der Waals surface area contributed by atoms with Crippen molar-refractivity contribution in [1.82, 2.24) is 0 Å². The van der Waals surface area contributed by atoms with Gasteiger partial charge in [0.2, 0.25) is 0 Å². The van der Waals surface area contributed by atoms with Gasteiger partial charge in [-0.15, -0.1) is 0 Å². The van der Waals surface area contributed by atoms with Crippen LogP contribution in [0, 0.1) is 13.8 Å². The Bertz CT molecular complexity index is 898. The number of rotatable bonds is 2. The standard InChI is InChI=1S/C18H13Cl2NO3/c1-9-3-4-14(10(2)5-9)15-16(22)18(24)21(17(15)23)13-7-11(19)6-12(20)8-13/h3-8,22H,1-2H3. The van der Waals surface area contributed by atoms with Crippen LogP contribution in [0.25, 0.3) is 5.57 Å². The van der Waals surface area contributed by atoms with E-state index in [1.165, 1.54) is 18.2 Å². The van der Waals surface area contributed by atoms with Gasteiger partial charge in [-0.05, 0) is 43.2 Å². The molecule has 3 rings (SSSR count). The van der Waals surface area contributed by atoms with E-state index in [1.807, 2.05) is 26.0 Å². The molecule has 0 atom stereocenters. The van der Waals surface area contributed by atoms with E-state index in [-0.39, 0.29) is 21.3 Å². The summed E-state index contributed by atoms with van der Waals surface area (Å²) in [4.78, 5) is 26.1. The molecule has 0 saturated heterocycles. The molecule has 2 aromatic rings. The summed E-state index contributed by atoms with van der Waals surface area (Å²) in [6.45, 7) is 3.74. The molecule has 24 heavy (non-hydrogen) atoms. The van der Waals surface area contributed by atoms with Crippen molar-refractivity contribution in [2.24, 2.45) is 0 Å². The number of carbonyl (C=O) groups is 2. The van der Waals surface area contributed by atoms with Crippen LogP contribution in [0.2, 0.25) is 10.0 Å². The van der Waals surface area contributed by atoms with E-state index in [0.717, 1.165) is 16.0 Å². The maximum atomic E-state index is 12.8. The number of halogens is 2. The molecule has 0 fully saturated rings. The van der Waals surface area contributed by atoms with Crippen LogP contribution in [0.4, 0.5) is 5.69 Å². The Morgan fingerprint density at radius 2 is 1.54 bits per heavy atom. The highest BCUT2D eigenvalue weighted by molar-refractivity contribution is 6.45. The number of aryl methyl sites for hydroxylation is 2. The van der Waals surface area contributed by atoms with Crippen molar-refractivity contribution in [3.63, 3.8) is 0 Å². The number of nitrogens with zero attached hydrogens (tertiary/aromatic N) is 1. The van der Waals surface area contributed by atoms with Crippen LogP contribution >= 0.6 is 23.2 Å². The van der Waals surface area contributed by atoms with Crippen molar-refractivity contribution in [3.05, 3.63) is 68.9 Å². The van der Waals surface area contributed by atoms with Crippen LogP contribution in [0.1, 0.15) is 16.7 Å². The highest BCUT2D eigenvalue weighted by Crippen LogP contribution is 2.35. The first-order valence-electron chi connectivity index (χ1n) is 7.15. The molecule has 2 amide bonds. The molecule has 6 heteroatoms. The molecule has 1 N–H and O–H groups in total. The van der Waals surface area contributed by atoms with Crippen LogP contribution in [0.5, 0.6) is 0 Å². The van der Waals surface area contributed by atoms with Gasteiger partial charge in [0.05, 0.1) is 11.3 Å². The molecule has 2 aromatic carbocycles. The summed E-state index contributed by atoms with van der Waals surface area (Å²) in [6, 6.07) is 9.81. The molecule has 0 bridgehead atoms. The average molecular weight is 362 g/mol. The van der Waals surface area contributed by atoms with E-state index in [1.54, 1.807) is 6.07 Å². The van der Waals surface area contributed by atoms with Crippen molar-refractivity contribution in [2.75, 3.05) is 4.90 Å². The smallest absolute Gasteiger partial charge is 0.301 e. The van der Waals surface area contributed by atoms with Crippen molar-refractivity contribution in [1.29, 1.82) is 0 Å². The summed E-state index contributed by atoms with van der Waals surface area (Å²) >= 11 is 11.9. The Morgan fingerprint density at radius 3 is 2.12 bits per heavy atom. The zero-order valence-corrected chi connectivity index (χ0v) is 14.4. The van der Waals surface area contributed by atoms with Gasteiger partial charge in [-0.1, -0.05) is 47.0 Å². The summed E-state index contributed by atoms with van der Waals surface area (Å²) in [5, 5.41) is 10.8. The second kappa shape index (κ2) is 5.96. The molecule has 4 nitrogen and oxygen atoms in total. The highest BCUT2D eigenvalue weighted by Gasteiger charge is 2.40. The van der Waals surface area contributed by atoms with Crippen LogP contribution < -0.4 is 4.90 Å². The number of aliphatic hydroxyl groups is 1. The summed E-state index contributed by atoms with van der Waals surface area (Å²) in [5.74, 6) is -1.99. The minimum Gasteiger partial charge on any atom is -0.502 e. The van der Waals surface area contributed by atoms with Gasteiger partial charge in [-0.25, -0.2) is 4.90 Å². The summed E-state index contributed by atoms with van der Waals surface area (Å²) in [5.41, 5.74) is 2.53. The number of aliphatic hydroxyl groups excluding tert-OH is 1. The molecule has 0 spiro atoms. The molecule has 0 unspecified atom stereocenters. The minimum atomic E-state index is -0.798. The van der Waals surface area contributed by atoms with Crippen molar-refractivity contribution in [3.8, 4) is 0 Å². The van der Waals surface area contributed by atoms with E-state index >= 15 is 0 Å². The predicted molar refractivity (Wildman–Crippen MR) is 94.4 cm³/mol. The molecular weight excluding hydrogens is 349 g/mol. The van der Waals surface area contributed by atoms with Crippen molar-refractivity contribution >= 4 is 46.3 Å². The molecule has 0 saturated carbocycles. The van der Waals surface area contributed by atoms with Gasteiger partial charge in [0.1, 0.15) is 0 Å². The summed E-state index contributed by atoms with van der Waals surface area (Å²) in [6.07, 6.45) is 0. The van der Waals surface area contributed by atoms with Crippen molar-refractivity contribution in [2.45, 2.75) is 13.8 Å². The highest BCUT2D eigenvalue weighted by atomic mass is 35.5. The molecular formula is C18H13Cl2NO3. The average Bonchev–Trinajstić information content (AvgIpc) is 2.69. The second-order valence-electron chi connectivity index (χ2n) is 5.62. The monoisotopic (exact) mass is 361 g/mol. The van der Waals surface area contributed by atoms with Gasteiger partial charge in [0, 0.05) is 10.0 Å². The first kappa shape index (κ1) is 16.6. The van der Waals surface area contributed by atoms with E-state index in [2.05, 4.69) is 0 Å². The lowest BCUT2D eigenvalue weighted by molar-refractivity contribution is -0.121. The Labute approximate surface area is 148 Å². The first-order chi connectivity index (χ1) is 11.3.